The van der Waals surface area contributed by atoms with Crippen LogP contribution in [0.5, 0.6) is 0 Å². The lowest BCUT2D eigenvalue weighted by Crippen LogP contribution is -2.14. The number of amides is 1. The summed E-state index contributed by atoms with van der Waals surface area (Å²) in [6.07, 6.45) is 2.89. The molecule has 0 spiro atoms. The van der Waals surface area contributed by atoms with Crippen LogP contribution >= 0.6 is 11.6 Å². The normalized spacial score (nSPS) is 11.1. The topological polar surface area (TPSA) is 122 Å². The molecule has 0 aliphatic rings. The molecule has 8 heteroatoms. The summed E-state index contributed by atoms with van der Waals surface area (Å²) in [5.74, 6) is -1.80. The highest BCUT2D eigenvalue weighted by atomic mass is 35.5. The smallest absolute Gasteiger partial charge is 0.346 e. The maximum absolute atomic E-state index is 11.1. The van der Waals surface area contributed by atoms with Crippen molar-refractivity contribution in [2.45, 2.75) is 13.0 Å². The van der Waals surface area contributed by atoms with E-state index >= 15 is 0 Å². The van der Waals surface area contributed by atoms with Gasteiger partial charge in [0.25, 0.3) is 0 Å². The zero-order chi connectivity index (χ0) is 17.7. The average molecular weight is 345 g/mol. The molecule has 2 aromatic rings. The van der Waals surface area contributed by atoms with E-state index in [0.29, 0.717) is 21.8 Å². The maximum atomic E-state index is 11.1. The monoisotopic (exact) mass is 344 g/mol. The van der Waals surface area contributed by atoms with Gasteiger partial charge in [-0.15, -0.1) is 0 Å². The fourth-order valence-electron chi connectivity index (χ4n) is 2.01. The van der Waals surface area contributed by atoms with Crippen molar-refractivity contribution in [1.29, 1.82) is 5.26 Å². The van der Waals surface area contributed by atoms with Crippen LogP contribution < -0.4 is 5.73 Å². The Morgan fingerprint density at radius 1 is 1.38 bits per heavy atom. The Morgan fingerprint density at radius 2 is 2.04 bits per heavy atom. The van der Waals surface area contributed by atoms with Gasteiger partial charge in [-0.2, -0.15) is 10.4 Å². The molecule has 0 aliphatic heterocycles. The van der Waals surface area contributed by atoms with Crippen molar-refractivity contribution >= 4 is 29.6 Å². The summed E-state index contributed by atoms with van der Waals surface area (Å²) in [5.41, 5.74) is 6.33. The molecule has 1 aromatic heterocycles. The van der Waals surface area contributed by atoms with Gasteiger partial charge >= 0.3 is 5.97 Å². The molecule has 1 aromatic carbocycles. The van der Waals surface area contributed by atoms with Crippen molar-refractivity contribution in [3.8, 4) is 17.3 Å². The quantitative estimate of drug-likeness (QED) is 0.613. The summed E-state index contributed by atoms with van der Waals surface area (Å²) in [6, 6.07) is 8.44. The third-order valence-corrected chi connectivity index (χ3v) is 3.40. The van der Waals surface area contributed by atoms with Crippen molar-refractivity contribution in [3.63, 3.8) is 0 Å². The summed E-state index contributed by atoms with van der Waals surface area (Å²) in [6.45, 7) is 0.249. The fourth-order valence-corrected chi connectivity index (χ4v) is 2.14. The molecule has 0 radical (unpaired) electrons. The number of rotatable bonds is 6. The van der Waals surface area contributed by atoms with E-state index in [1.165, 1.54) is 10.8 Å². The number of nitrogens with two attached hydrogens (primary N) is 1. The average Bonchev–Trinajstić information content (AvgIpc) is 2.94. The first-order valence-electron chi connectivity index (χ1n) is 6.87. The molecule has 122 valence electrons. The van der Waals surface area contributed by atoms with Crippen LogP contribution in [0.25, 0.3) is 17.3 Å². The summed E-state index contributed by atoms with van der Waals surface area (Å²) in [5, 5.41) is 22.8. The van der Waals surface area contributed by atoms with Gasteiger partial charge in [0, 0.05) is 35.3 Å². The number of carboxylic acids is 1. The number of aliphatic carboxylic acids is 1. The van der Waals surface area contributed by atoms with Gasteiger partial charge < -0.3 is 10.8 Å². The summed E-state index contributed by atoms with van der Waals surface area (Å²) in [4.78, 5) is 22.0. The first-order valence-corrected chi connectivity index (χ1v) is 7.25. The van der Waals surface area contributed by atoms with Crippen LogP contribution in [0.3, 0.4) is 0 Å². The van der Waals surface area contributed by atoms with E-state index in [4.69, 9.17) is 27.7 Å². The molecule has 24 heavy (non-hydrogen) atoms. The number of hydrogen-bond acceptors (Lipinski definition) is 4. The minimum atomic E-state index is -1.33. The minimum Gasteiger partial charge on any atom is -0.477 e. The summed E-state index contributed by atoms with van der Waals surface area (Å²) in [7, 11) is 0. The van der Waals surface area contributed by atoms with Crippen molar-refractivity contribution in [1.82, 2.24) is 9.78 Å². The lowest BCUT2D eigenvalue weighted by Gasteiger charge is -2.00. The molecule has 0 unspecified atom stereocenters. The number of carbonyl (C=O) groups excluding carboxylic acids is 1. The number of carboxylic acid groups (broad SMARTS) is 1. The highest BCUT2D eigenvalue weighted by Gasteiger charge is 2.14. The number of nitriles is 1. The third kappa shape index (κ3) is 4.21. The van der Waals surface area contributed by atoms with Crippen molar-refractivity contribution in [3.05, 3.63) is 46.6 Å². The van der Waals surface area contributed by atoms with Crippen LogP contribution in [0.15, 0.2) is 36.0 Å². The molecule has 3 N–H and O–H groups in total. The van der Waals surface area contributed by atoms with E-state index in [2.05, 4.69) is 5.10 Å². The Balaban J connectivity index is 2.50. The Labute approximate surface area is 142 Å². The Kier molecular flexibility index (Phi) is 5.35. The minimum absolute atomic E-state index is 0.0922. The Morgan fingerprint density at radius 3 is 2.58 bits per heavy atom. The van der Waals surface area contributed by atoms with Gasteiger partial charge in [-0.3, -0.25) is 9.48 Å². The first-order chi connectivity index (χ1) is 11.4. The van der Waals surface area contributed by atoms with Crippen LogP contribution in [-0.4, -0.2) is 26.8 Å². The predicted octanol–water partition coefficient (Wildman–Crippen LogP) is 2.07. The Hall–Kier alpha value is -3.11. The van der Waals surface area contributed by atoms with Crippen LogP contribution in [0, 0.1) is 11.3 Å². The van der Waals surface area contributed by atoms with Gasteiger partial charge in [-0.05, 0) is 18.2 Å². The molecule has 0 saturated heterocycles. The number of hydrogen-bond donors (Lipinski definition) is 2. The number of nitrogens with zero attached hydrogens (tertiary/aromatic N) is 3. The summed E-state index contributed by atoms with van der Waals surface area (Å²) < 4.78 is 1.48. The highest BCUT2D eigenvalue weighted by molar-refractivity contribution is 6.30. The molecule has 2 rings (SSSR count). The highest BCUT2D eigenvalue weighted by Crippen LogP contribution is 2.25. The molecule has 1 amide bonds. The lowest BCUT2D eigenvalue weighted by atomic mass is 10.1. The molecular formula is C16H13ClN4O3. The molecule has 0 fully saturated rings. The number of aryl methyl sites for hydroxylation is 1. The summed E-state index contributed by atoms with van der Waals surface area (Å²) >= 11 is 5.87. The van der Waals surface area contributed by atoms with Crippen molar-refractivity contribution in [2.75, 3.05) is 0 Å². The molecular weight excluding hydrogens is 332 g/mol. The van der Waals surface area contributed by atoms with Gasteiger partial charge in [-0.1, -0.05) is 23.7 Å². The van der Waals surface area contributed by atoms with Gasteiger partial charge in [0.1, 0.15) is 11.6 Å². The number of carbonyl (C=O) groups is 2. The molecule has 7 nitrogen and oxygen atoms in total. The van der Waals surface area contributed by atoms with Crippen LogP contribution in [0.2, 0.25) is 5.02 Å². The molecule has 0 saturated carbocycles. The van der Waals surface area contributed by atoms with Crippen LogP contribution in [-0.2, 0) is 16.1 Å². The first kappa shape index (κ1) is 17.2. The van der Waals surface area contributed by atoms with Crippen molar-refractivity contribution in [2.24, 2.45) is 5.73 Å². The number of primary amides is 1. The largest absolute Gasteiger partial charge is 0.477 e. The van der Waals surface area contributed by atoms with Crippen LogP contribution in [0.1, 0.15) is 12.0 Å². The third-order valence-electron chi connectivity index (χ3n) is 3.15. The van der Waals surface area contributed by atoms with Gasteiger partial charge in [0.2, 0.25) is 5.91 Å². The van der Waals surface area contributed by atoms with Crippen molar-refractivity contribution < 1.29 is 14.7 Å². The SMILES string of the molecule is N#C/C(=C/c1cn(CCC(N)=O)nc1-c1ccc(Cl)cc1)C(=O)O. The van der Waals surface area contributed by atoms with E-state index < -0.39 is 17.4 Å². The standard InChI is InChI=1S/C16H13ClN4O3/c17-13-3-1-10(2-4-13)15-12(7-11(8-18)16(23)24)9-21(20-15)6-5-14(19)22/h1-4,7,9H,5-6H2,(H2,19,22)(H,23,24)/b11-7-. The molecule has 0 bridgehead atoms. The van der Waals surface area contributed by atoms with E-state index in [1.807, 2.05) is 0 Å². The molecule has 0 aliphatic carbocycles. The van der Waals surface area contributed by atoms with E-state index in [-0.39, 0.29) is 13.0 Å². The number of halogens is 1. The second-order valence-electron chi connectivity index (χ2n) is 4.89. The zero-order valence-electron chi connectivity index (χ0n) is 12.4. The predicted molar refractivity (Wildman–Crippen MR) is 87.7 cm³/mol. The molecule has 0 atom stereocenters. The maximum Gasteiger partial charge on any atom is 0.346 e. The van der Waals surface area contributed by atoms with Gasteiger partial charge in [-0.25, -0.2) is 4.79 Å². The second kappa shape index (κ2) is 7.44. The van der Waals surface area contributed by atoms with Crippen LogP contribution in [0.4, 0.5) is 0 Å². The van der Waals surface area contributed by atoms with E-state index in [9.17, 15) is 9.59 Å². The zero-order valence-corrected chi connectivity index (χ0v) is 13.2. The van der Waals surface area contributed by atoms with E-state index in [0.717, 1.165) is 0 Å². The Bertz CT molecular complexity index is 847. The van der Waals surface area contributed by atoms with Gasteiger partial charge in [0.15, 0.2) is 0 Å². The second-order valence-corrected chi connectivity index (χ2v) is 5.33. The van der Waals surface area contributed by atoms with Gasteiger partial charge in [0.05, 0.1) is 5.69 Å². The lowest BCUT2D eigenvalue weighted by molar-refractivity contribution is -0.132. The van der Waals surface area contributed by atoms with E-state index in [1.54, 1.807) is 36.5 Å². The fraction of sp³-hybridized carbons (Fsp3) is 0.125. The number of benzene rings is 1. The number of aromatic nitrogens is 2. The molecule has 1 heterocycles.